The molecule has 1 heterocycles. The van der Waals surface area contributed by atoms with Gasteiger partial charge in [-0.25, -0.2) is 4.98 Å². The van der Waals surface area contributed by atoms with Crippen molar-refractivity contribution in [3.63, 3.8) is 0 Å². The van der Waals surface area contributed by atoms with E-state index in [1.807, 2.05) is 13.0 Å². The third kappa shape index (κ3) is 3.95. The van der Waals surface area contributed by atoms with Gasteiger partial charge in [0, 0.05) is 25.3 Å². The van der Waals surface area contributed by atoms with Gasteiger partial charge in [0.2, 0.25) is 0 Å². The number of pyridine rings is 1. The maximum atomic E-state index is 10.7. The summed E-state index contributed by atoms with van der Waals surface area (Å²) in [6, 6.07) is 1.85. The molecular formula is C12H14N2OS. The molecule has 0 atom stereocenters. The molecule has 0 unspecified atom stereocenters. The van der Waals surface area contributed by atoms with Crippen LogP contribution in [0.15, 0.2) is 12.3 Å². The molecule has 4 heteroatoms. The summed E-state index contributed by atoms with van der Waals surface area (Å²) in [7, 11) is 0. The molecule has 0 aromatic carbocycles. The average Bonchev–Trinajstić information content (AvgIpc) is 2.23. The van der Waals surface area contributed by atoms with Crippen LogP contribution < -0.4 is 5.73 Å². The summed E-state index contributed by atoms with van der Waals surface area (Å²) in [5, 5.41) is 0.120. The van der Waals surface area contributed by atoms with Crippen molar-refractivity contribution in [2.75, 3.05) is 11.5 Å². The quantitative estimate of drug-likeness (QED) is 0.628. The molecule has 0 saturated carbocycles. The van der Waals surface area contributed by atoms with Gasteiger partial charge in [0.15, 0.2) is 5.12 Å². The summed E-state index contributed by atoms with van der Waals surface area (Å²) >= 11 is 1.28. The zero-order valence-electron chi connectivity index (χ0n) is 9.41. The summed E-state index contributed by atoms with van der Waals surface area (Å²) in [4.78, 5) is 14.8. The lowest BCUT2D eigenvalue weighted by Gasteiger charge is -1.99. The zero-order chi connectivity index (χ0) is 12.0. The third-order valence-corrected chi connectivity index (χ3v) is 2.76. The molecule has 0 spiro atoms. The van der Waals surface area contributed by atoms with Crippen LogP contribution in [0.1, 0.15) is 24.6 Å². The van der Waals surface area contributed by atoms with E-state index in [9.17, 15) is 4.79 Å². The van der Waals surface area contributed by atoms with Crippen molar-refractivity contribution in [3.8, 4) is 11.8 Å². The molecule has 2 N–H and O–H groups in total. The Balaban J connectivity index is 2.56. The molecule has 0 aliphatic carbocycles. The van der Waals surface area contributed by atoms with Gasteiger partial charge in [-0.15, -0.1) is 0 Å². The lowest BCUT2D eigenvalue weighted by molar-refractivity contribution is -0.109. The van der Waals surface area contributed by atoms with Crippen molar-refractivity contribution in [1.29, 1.82) is 0 Å². The van der Waals surface area contributed by atoms with Gasteiger partial charge in [0.25, 0.3) is 0 Å². The largest absolute Gasteiger partial charge is 0.396 e. The van der Waals surface area contributed by atoms with Gasteiger partial charge in [-0.1, -0.05) is 17.7 Å². The standard InChI is InChI=1S/C12H14N2OS/c1-9-6-7-14-11(12(9)13)5-3-4-8-16-10(2)15/h6-7H,4,8,13H2,1-2H3. The lowest BCUT2D eigenvalue weighted by Crippen LogP contribution is -1.96. The van der Waals surface area contributed by atoms with Gasteiger partial charge in [-0.05, 0) is 24.5 Å². The molecule has 0 aliphatic heterocycles. The fourth-order valence-corrected chi connectivity index (χ4v) is 1.55. The second-order valence-electron chi connectivity index (χ2n) is 3.28. The zero-order valence-corrected chi connectivity index (χ0v) is 10.2. The van der Waals surface area contributed by atoms with Crippen LogP contribution in [0.4, 0.5) is 5.69 Å². The number of aromatic nitrogens is 1. The second-order valence-corrected chi connectivity index (χ2v) is 4.55. The van der Waals surface area contributed by atoms with Crippen LogP contribution >= 0.6 is 11.8 Å². The van der Waals surface area contributed by atoms with Crippen LogP contribution in [0.3, 0.4) is 0 Å². The first-order chi connectivity index (χ1) is 7.61. The van der Waals surface area contributed by atoms with Gasteiger partial charge >= 0.3 is 0 Å². The van der Waals surface area contributed by atoms with Crippen LogP contribution in [0.25, 0.3) is 0 Å². The van der Waals surface area contributed by atoms with Crippen molar-refractivity contribution in [1.82, 2.24) is 4.98 Å². The monoisotopic (exact) mass is 234 g/mol. The van der Waals surface area contributed by atoms with Crippen molar-refractivity contribution in [2.24, 2.45) is 0 Å². The van der Waals surface area contributed by atoms with Gasteiger partial charge in [-0.2, -0.15) is 0 Å². The highest BCUT2D eigenvalue weighted by atomic mass is 32.2. The van der Waals surface area contributed by atoms with Gasteiger partial charge < -0.3 is 5.73 Å². The first-order valence-corrected chi connectivity index (χ1v) is 5.93. The van der Waals surface area contributed by atoms with E-state index in [1.54, 1.807) is 13.1 Å². The lowest BCUT2D eigenvalue weighted by atomic mass is 10.2. The minimum absolute atomic E-state index is 0.120. The number of hydrogen-bond acceptors (Lipinski definition) is 4. The molecule has 0 bridgehead atoms. The number of rotatable bonds is 2. The maximum absolute atomic E-state index is 10.7. The minimum atomic E-state index is 0.120. The van der Waals surface area contributed by atoms with Crippen molar-refractivity contribution >= 4 is 22.6 Å². The first-order valence-electron chi connectivity index (χ1n) is 4.94. The van der Waals surface area contributed by atoms with Crippen LogP contribution in [0, 0.1) is 18.8 Å². The fourth-order valence-electron chi connectivity index (χ4n) is 1.06. The molecule has 84 valence electrons. The van der Waals surface area contributed by atoms with Crippen LogP contribution in [-0.2, 0) is 4.79 Å². The molecular weight excluding hydrogens is 220 g/mol. The molecule has 1 rings (SSSR count). The average molecular weight is 234 g/mol. The molecule has 1 aromatic heterocycles. The Labute approximate surface area is 99.8 Å². The van der Waals surface area contributed by atoms with Crippen LogP contribution in [0.5, 0.6) is 0 Å². The fraction of sp³-hybridized carbons (Fsp3) is 0.333. The van der Waals surface area contributed by atoms with E-state index in [0.717, 1.165) is 5.56 Å². The number of aryl methyl sites for hydroxylation is 1. The van der Waals surface area contributed by atoms with E-state index in [4.69, 9.17) is 5.73 Å². The topological polar surface area (TPSA) is 56.0 Å². The number of carbonyl (C=O) groups is 1. The summed E-state index contributed by atoms with van der Waals surface area (Å²) in [6.45, 7) is 3.48. The summed E-state index contributed by atoms with van der Waals surface area (Å²) in [5.41, 5.74) is 8.06. The number of carbonyl (C=O) groups excluding carboxylic acids is 1. The van der Waals surface area contributed by atoms with Crippen molar-refractivity contribution in [3.05, 3.63) is 23.5 Å². The van der Waals surface area contributed by atoms with E-state index in [0.29, 0.717) is 23.6 Å². The van der Waals surface area contributed by atoms with Crippen molar-refractivity contribution < 1.29 is 4.79 Å². The van der Waals surface area contributed by atoms with Gasteiger partial charge in [0.1, 0.15) is 5.69 Å². The number of anilines is 1. The van der Waals surface area contributed by atoms with Crippen LogP contribution in [-0.4, -0.2) is 15.9 Å². The Bertz CT molecular complexity index is 446. The molecule has 0 amide bonds. The Morgan fingerprint density at radius 1 is 1.62 bits per heavy atom. The van der Waals surface area contributed by atoms with Crippen molar-refractivity contribution in [2.45, 2.75) is 20.3 Å². The van der Waals surface area contributed by atoms with Gasteiger partial charge in [-0.3, -0.25) is 4.79 Å². The molecule has 0 fully saturated rings. The first kappa shape index (κ1) is 12.6. The third-order valence-electron chi connectivity index (χ3n) is 1.95. The molecule has 0 saturated heterocycles. The smallest absolute Gasteiger partial charge is 0.185 e. The van der Waals surface area contributed by atoms with E-state index < -0.39 is 0 Å². The number of hydrogen-bond donors (Lipinski definition) is 1. The highest BCUT2D eigenvalue weighted by Crippen LogP contribution is 2.12. The molecule has 0 aliphatic rings. The summed E-state index contributed by atoms with van der Waals surface area (Å²) in [6.07, 6.45) is 2.36. The summed E-state index contributed by atoms with van der Waals surface area (Å²) < 4.78 is 0. The van der Waals surface area contributed by atoms with E-state index in [1.165, 1.54) is 11.8 Å². The second kappa shape index (κ2) is 6.19. The molecule has 1 aromatic rings. The maximum Gasteiger partial charge on any atom is 0.185 e. The van der Waals surface area contributed by atoms with Gasteiger partial charge in [0.05, 0.1) is 5.69 Å². The molecule has 0 radical (unpaired) electrons. The molecule has 16 heavy (non-hydrogen) atoms. The SMILES string of the molecule is CC(=O)SCCC#Cc1nccc(C)c1N. The Hall–Kier alpha value is -1.47. The van der Waals surface area contributed by atoms with E-state index >= 15 is 0 Å². The predicted octanol–water partition coefficient (Wildman–Crippen LogP) is 1.99. The Morgan fingerprint density at radius 2 is 2.38 bits per heavy atom. The number of nitrogen functional groups attached to an aromatic ring is 1. The van der Waals surface area contributed by atoms with E-state index in [2.05, 4.69) is 16.8 Å². The normalized spacial score (nSPS) is 9.38. The number of nitrogens with two attached hydrogens (primary N) is 1. The molecule has 3 nitrogen and oxygen atoms in total. The summed E-state index contributed by atoms with van der Waals surface area (Å²) in [5.74, 6) is 6.59. The number of nitrogens with zero attached hydrogens (tertiary/aromatic N) is 1. The highest BCUT2D eigenvalue weighted by Gasteiger charge is 1.98. The Morgan fingerprint density at radius 3 is 3.06 bits per heavy atom. The predicted molar refractivity (Wildman–Crippen MR) is 68.0 cm³/mol. The van der Waals surface area contributed by atoms with Crippen LogP contribution in [0.2, 0.25) is 0 Å². The number of thioether (sulfide) groups is 1. The Kier molecular flexibility index (Phi) is 4.87. The van der Waals surface area contributed by atoms with E-state index in [-0.39, 0.29) is 5.12 Å². The highest BCUT2D eigenvalue weighted by molar-refractivity contribution is 8.13. The minimum Gasteiger partial charge on any atom is -0.396 e.